The number of nitrogens with two attached hydrogens (primary N) is 3. The molecule has 0 aliphatic carbocycles. The van der Waals surface area contributed by atoms with Crippen LogP contribution < -0.4 is 32.6 Å². The van der Waals surface area contributed by atoms with Crippen LogP contribution in [0.2, 0.25) is 0 Å². The van der Waals surface area contributed by atoms with Crippen LogP contribution in [0.25, 0.3) is 0 Å². The summed E-state index contributed by atoms with van der Waals surface area (Å²) >= 11 is 0. The first-order valence-electron chi connectivity index (χ1n) is 12.6. The Morgan fingerprint density at radius 1 is 1.00 bits per heavy atom. The highest BCUT2D eigenvalue weighted by atomic mass is 16.5. The summed E-state index contributed by atoms with van der Waals surface area (Å²) < 4.78 is 5.51. The molecule has 3 amide bonds. The van der Waals surface area contributed by atoms with Gasteiger partial charge in [-0.3, -0.25) is 14.4 Å². The number of benzene rings is 2. The molecule has 0 aromatic heterocycles. The number of aryl methyl sites for hydroxylation is 2. The summed E-state index contributed by atoms with van der Waals surface area (Å²) in [5.41, 5.74) is 19.7. The third-order valence-electron chi connectivity index (χ3n) is 5.85. The number of hydrogen-bond donors (Lipinski definition) is 5. The highest BCUT2D eigenvalue weighted by Crippen LogP contribution is 2.22. The van der Waals surface area contributed by atoms with Crippen molar-refractivity contribution in [3.05, 3.63) is 59.7 Å². The Labute approximate surface area is 218 Å². The fourth-order valence-corrected chi connectivity index (χ4v) is 3.84. The Balaban J connectivity index is 2.11. The lowest BCUT2D eigenvalue weighted by molar-refractivity contribution is -0.134. The molecule has 0 spiro atoms. The van der Waals surface area contributed by atoms with Crippen molar-refractivity contribution in [3.63, 3.8) is 0 Å². The van der Waals surface area contributed by atoms with Crippen molar-refractivity contribution in [1.82, 2.24) is 10.2 Å². The number of ether oxygens (including phenoxy) is 1. The lowest BCUT2D eigenvalue weighted by Crippen LogP contribution is -2.52. The fourth-order valence-electron chi connectivity index (χ4n) is 3.84. The van der Waals surface area contributed by atoms with Crippen LogP contribution in [0.3, 0.4) is 0 Å². The Bertz CT molecular complexity index is 1010. The van der Waals surface area contributed by atoms with Crippen LogP contribution in [0.4, 0.5) is 5.69 Å². The van der Waals surface area contributed by atoms with Gasteiger partial charge >= 0.3 is 0 Å². The molecule has 0 bridgehead atoms. The van der Waals surface area contributed by atoms with Crippen molar-refractivity contribution in [2.75, 3.05) is 38.1 Å². The molecule has 10 nitrogen and oxygen atoms in total. The molecule has 0 heterocycles. The van der Waals surface area contributed by atoms with Gasteiger partial charge in [0.05, 0.1) is 19.1 Å². The highest BCUT2D eigenvalue weighted by molar-refractivity contribution is 5.99. The third kappa shape index (κ3) is 9.83. The Hall–Kier alpha value is -3.47. The van der Waals surface area contributed by atoms with Crippen molar-refractivity contribution in [2.24, 2.45) is 17.2 Å². The van der Waals surface area contributed by atoms with Crippen molar-refractivity contribution in [1.29, 1.82) is 0 Å². The SMILES string of the molecule is CCOc1ccc(NC(=O)C(CCc2ccccc2)NC(=O)C(N)CC(=O)N(CCN)CCN)c(C)c1. The summed E-state index contributed by atoms with van der Waals surface area (Å²) in [5.74, 6) is -0.553. The summed E-state index contributed by atoms with van der Waals surface area (Å²) in [6, 6.07) is 13.1. The number of carbonyl (C=O) groups is 3. The maximum Gasteiger partial charge on any atom is 0.246 e. The Morgan fingerprint density at radius 3 is 2.27 bits per heavy atom. The normalized spacial score (nSPS) is 12.4. The minimum Gasteiger partial charge on any atom is -0.494 e. The van der Waals surface area contributed by atoms with Crippen LogP contribution in [0.15, 0.2) is 48.5 Å². The number of nitrogens with one attached hydrogen (secondary N) is 2. The standard InChI is InChI=1S/C27H40N6O4/c1-3-37-21-10-12-23(19(2)17-21)31-27(36)24(11-9-20-7-5-4-6-8-20)32-26(35)22(30)18-25(34)33(15-13-28)16-14-29/h4-8,10,12,17,22,24H,3,9,11,13-16,18,28-30H2,1-2H3,(H,31,36)(H,32,35). The number of rotatable bonds is 15. The molecule has 2 unspecified atom stereocenters. The van der Waals surface area contributed by atoms with Gasteiger partial charge in [0.1, 0.15) is 11.8 Å². The molecule has 0 radical (unpaired) electrons. The van der Waals surface area contributed by atoms with Crippen LogP contribution in [-0.4, -0.2) is 67.5 Å². The van der Waals surface area contributed by atoms with Gasteiger partial charge in [-0.1, -0.05) is 30.3 Å². The maximum absolute atomic E-state index is 13.3. The minimum absolute atomic E-state index is 0.211. The predicted octanol–water partition coefficient (Wildman–Crippen LogP) is 0.913. The van der Waals surface area contributed by atoms with Crippen LogP contribution in [0, 0.1) is 6.92 Å². The smallest absolute Gasteiger partial charge is 0.246 e. The van der Waals surface area contributed by atoms with E-state index in [0.29, 0.717) is 44.0 Å². The van der Waals surface area contributed by atoms with Crippen LogP contribution in [0.5, 0.6) is 5.75 Å². The Kier molecular flexibility index (Phi) is 12.5. The van der Waals surface area contributed by atoms with E-state index in [4.69, 9.17) is 21.9 Å². The molecule has 0 aliphatic rings. The highest BCUT2D eigenvalue weighted by Gasteiger charge is 2.26. The molecule has 2 rings (SSSR count). The molecule has 0 aliphatic heterocycles. The van der Waals surface area contributed by atoms with Crippen LogP contribution in [-0.2, 0) is 20.8 Å². The van der Waals surface area contributed by atoms with Crippen molar-refractivity contribution in [2.45, 2.75) is 45.2 Å². The molecule has 2 aromatic carbocycles. The number of nitrogens with zero attached hydrogens (tertiary/aromatic N) is 1. The van der Waals surface area contributed by atoms with Crippen LogP contribution >= 0.6 is 0 Å². The summed E-state index contributed by atoms with van der Waals surface area (Å²) in [6.07, 6.45) is 0.706. The fraction of sp³-hybridized carbons (Fsp3) is 0.444. The van der Waals surface area contributed by atoms with E-state index in [1.165, 1.54) is 4.90 Å². The molecule has 0 saturated heterocycles. The van der Waals surface area contributed by atoms with E-state index >= 15 is 0 Å². The van der Waals surface area contributed by atoms with Gasteiger partial charge in [-0.25, -0.2) is 0 Å². The summed E-state index contributed by atoms with van der Waals surface area (Å²) in [7, 11) is 0. The first-order valence-corrected chi connectivity index (χ1v) is 12.6. The van der Waals surface area contributed by atoms with Gasteiger partial charge in [0.25, 0.3) is 0 Å². The number of hydrogen-bond acceptors (Lipinski definition) is 7. The van der Waals surface area contributed by atoms with E-state index in [1.54, 1.807) is 12.1 Å². The van der Waals surface area contributed by atoms with Crippen molar-refractivity contribution >= 4 is 23.4 Å². The second-order valence-electron chi connectivity index (χ2n) is 8.75. The zero-order chi connectivity index (χ0) is 27.2. The van der Waals surface area contributed by atoms with Gasteiger partial charge in [0.2, 0.25) is 17.7 Å². The monoisotopic (exact) mass is 512 g/mol. The number of anilines is 1. The van der Waals surface area contributed by atoms with Gasteiger partial charge in [0, 0.05) is 31.9 Å². The molecule has 2 atom stereocenters. The number of amides is 3. The maximum atomic E-state index is 13.3. The molecule has 2 aromatic rings. The second kappa shape index (κ2) is 15.6. The van der Waals surface area contributed by atoms with Crippen LogP contribution in [0.1, 0.15) is 30.9 Å². The van der Waals surface area contributed by atoms with E-state index in [-0.39, 0.29) is 31.3 Å². The minimum atomic E-state index is -1.12. The third-order valence-corrected chi connectivity index (χ3v) is 5.85. The molecule has 0 fully saturated rings. The van der Waals surface area contributed by atoms with Gasteiger partial charge in [-0.15, -0.1) is 0 Å². The lowest BCUT2D eigenvalue weighted by Gasteiger charge is -2.24. The van der Waals surface area contributed by atoms with Crippen molar-refractivity contribution < 1.29 is 19.1 Å². The van der Waals surface area contributed by atoms with Gasteiger partial charge in [0.15, 0.2) is 0 Å². The van der Waals surface area contributed by atoms with E-state index < -0.39 is 18.0 Å². The Morgan fingerprint density at radius 2 is 1.68 bits per heavy atom. The van der Waals surface area contributed by atoms with Gasteiger partial charge in [-0.05, 0) is 56.0 Å². The van der Waals surface area contributed by atoms with E-state index in [1.807, 2.05) is 50.2 Å². The lowest BCUT2D eigenvalue weighted by atomic mass is 10.0. The molecule has 202 valence electrons. The zero-order valence-electron chi connectivity index (χ0n) is 21.7. The molecule has 10 heteroatoms. The molecular formula is C27H40N6O4. The molecular weight excluding hydrogens is 472 g/mol. The van der Waals surface area contributed by atoms with Crippen molar-refractivity contribution in [3.8, 4) is 5.75 Å². The van der Waals surface area contributed by atoms with Gasteiger partial charge < -0.3 is 37.5 Å². The summed E-state index contributed by atoms with van der Waals surface area (Å²) in [5, 5.41) is 5.65. The number of carbonyl (C=O) groups excluding carboxylic acids is 3. The first kappa shape index (κ1) is 29.8. The molecule has 37 heavy (non-hydrogen) atoms. The topological polar surface area (TPSA) is 166 Å². The predicted molar refractivity (Wildman–Crippen MR) is 145 cm³/mol. The van der Waals surface area contributed by atoms with E-state index in [2.05, 4.69) is 10.6 Å². The largest absolute Gasteiger partial charge is 0.494 e. The van der Waals surface area contributed by atoms with E-state index in [9.17, 15) is 14.4 Å². The second-order valence-corrected chi connectivity index (χ2v) is 8.75. The van der Waals surface area contributed by atoms with E-state index in [0.717, 1.165) is 11.1 Å². The molecule has 0 saturated carbocycles. The van der Waals surface area contributed by atoms with Gasteiger partial charge in [-0.2, -0.15) is 0 Å². The first-order chi connectivity index (χ1) is 17.8. The quantitative estimate of drug-likeness (QED) is 0.236. The summed E-state index contributed by atoms with van der Waals surface area (Å²) in [4.78, 5) is 40.3. The molecule has 8 N–H and O–H groups in total. The zero-order valence-corrected chi connectivity index (χ0v) is 21.7. The summed E-state index contributed by atoms with van der Waals surface area (Å²) in [6.45, 7) is 5.52. The average Bonchev–Trinajstić information content (AvgIpc) is 2.88. The average molecular weight is 513 g/mol.